The molecule has 5 aliphatic rings. The van der Waals surface area contributed by atoms with Crippen LogP contribution < -0.4 is 26.2 Å². The highest BCUT2D eigenvalue weighted by Gasteiger charge is 2.52. The lowest BCUT2D eigenvalue weighted by Gasteiger charge is -2.47. The number of aliphatic hydroxyl groups is 1. The molecule has 39 heavy (non-hydrogen) atoms. The molecule has 1 aromatic carbocycles. The second-order valence-corrected chi connectivity index (χ2v) is 11.9. The summed E-state index contributed by atoms with van der Waals surface area (Å²) in [5.74, 6) is -2.67. The molecule has 9 nitrogen and oxygen atoms in total. The first-order chi connectivity index (χ1) is 18.7. The van der Waals surface area contributed by atoms with Crippen molar-refractivity contribution >= 4 is 17.3 Å². The van der Waals surface area contributed by atoms with Crippen LogP contribution in [0.2, 0.25) is 0 Å². The third-order valence-corrected chi connectivity index (χ3v) is 9.13. The van der Waals surface area contributed by atoms with E-state index in [1.807, 2.05) is 47.2 Å². The molecule has 5 heterocycles. The topological polar surface area (TPSA) is 95.1 Å². The Morgan fingerprint density at radius 2 is 1.82 bits per heavy atom. The zero-order valence-electron chi connectivity index (χ0n) is 22.6. The van der Waals surface area contributed by atoms with Crippen LogP contribution in [0.1, 0.15) is 51.9 Å². The molecule has 0 spiro atoms. The molecule has 0 radical (unpaired) electrons. The highest BCUT2D eigenvalue weighted by atomic mass is 19.3. The van der Waals surface area contributed by atoms with Gasteiger partial charge in [-0.25, -0.2) is 8.78 Å². The van der Waals surface area contributed by atoms with Crippen LogP contribution in [-0.2, 0) is 4.79 Å². The molecule has 0 saturated carbocycles. The molecule has 2 bridgehead atoms. The van der Waals surface area contributed by atoms with Crippen LogP contribution in [0.15, 0.2) is 36.4 Å². The van der Waals surface area contributed by atoms with Gasteiger partial charge in [-0.05, 0) is 63.3 Å². The van der Waals surface area contributed by atoms with E-state index in [0.29, 0.717) is 32.6 Å². The van der Waals surface area contributed by atoms with Crippen LogP contribution >= 0.6 is 0 Å². The number of halogens is 2. The highest BCUT2D eigenvalue weighted by Crippen LogP contribution is 2.35. The van der Waals surface area contributed by atoms with E-state index in [0.717, 1.165) is 37.1 Å². The number of nitrogens with one attached hydrogen (secondary N) is 4. The maximum absolute atomic E-state index is 13.5. The molecular formula is C28H41F2N7O2. The van der Waals surface area contributed by atoms with E-state index in [1.165, 1.54) is 0 Å². The van der Waals surface area contributed by atoms with Crippen molar-refractivity contribution in [2.24, 2.45) is 5.92 Å². The highest BCUT2D eigenvalue weighted by molar-refractivity contribution is 5.82. The van der Waals surface area contributed by atoms with Gasteiger partial charge < -0.3 is 15.3 Å². The largest absolute Gasteiger partial charge is 0.389 e. The lowest BCUT2D eigenvalue weighted by Crippen LogP contribution is -2.69. The molecule has 5 unspecified atom stereocenters. The van der Waals surface area contributed by atoms with Gasteiger partial charge in [0.15, 0.2) is 0 Å². The van der Waals surface area contributed by atoms with Crippen molar-refractivity contribution in [3.05, 3.63) is 36.4 Å². The third-order valence-electron chi connectivity index (χ3n) is 9.13. The summed E-state index contributed by atoms with van der Waals surface area (Å²) in [5, 5.41) is 29.5. The van der Waals surface area contributed by atoms with Crippen LogP contribution in [0, 0.1) is 5.92 Å². The molecule has 5 N–H and O–H groups in total. The molecule has 1 amide bonds. The van der Waals surface area contributed by atoms with Crippen molar-refractivity contribution in [3.63, 3.8) is 0 Å². The van der Waals surface area contributed by atoms with Crippen molar-refractivity contribution < 1.29 is 18.7 Å². The minimum absolute atomic E-state index is 0.0287. The average molecular weight is 546 g/mol. The lowest BCUT2D eigenvalue weighted by atomic mass is 9.85. The van der Waals surface area contributed by atoms with Gasteiger partial charge in [-0.2, -0.15) is 5.01 Å². The van der Waals surface area contributed by atoms with E-state index in [1.54, 1.807) is 0 Å². The Bertz CT molecular complexity index is 1060. The van der Waals surface area contributed by atoms with E-state index in [2.05, 4.69) is 32.4 Å². The lowest BCUT2D eigenvalue weighted by molar-refractivity contribution is -0.146. The number of allylic oxidation sites excluding steroid dienone is 1. The Morgan fingerprint density at radius 3 is 2.59 bits per heavy atom. The van der Waals surface area contributed by atoms with Crippen LogP contribution in [0.4, 0.5) is 20.2 Å². The maximum Gasteiger partial charge on any atom is 0.251 e. The molecule has 0 aromatic heterocycles. The Morgan fingerprint density at radius 1 is 1.05 bits per heavy atom. The number of benzene rings is 1. The number of hydrazine groups is 1. The van der Waals surface area contributed by atoms with Crippen molar-refractivity contribution in [1.82, 2.24) is 26.0 Å². The van der Waals surface area contributed by atoms with Gasteiger partial charge in [-0.3, -0.25) is 25.8 Å². The zero-order valence-corrected chi connectivity index (χ0v) is 22.6. The summed E-state index contributed by atoms with van der Waals surface area (Å²) in [6.07, 6.45) is 7.67. The summed E-state index contributed by atoms with van der Waals surface area (Å²) < 4.78 is 27.1. The maximum atomic E-state index is 13.5. The molecule has 4 saturated heterocycles. The summed E-state index contributed by atoms with van der Waals surface area (Å²) in [5.41, 5.74) is 1.04. The SMILES string of the molecule is C[C@@]1(O)CC/C=C\CN2C(=O)C3CNC(Nc4ccc(N5CCC(F)(F)CC5)cc4)NC3N2C2CCCC1N2. The van der Waals surface area contributed by atoms with Crippen LogP contribution in [-0.4, -0.2) is 83.4 Å². The van der Waals surface area contributed by atoms with Gasteiger partial charge in [-0.15, -0.1) is 0 Å². The normalized spacial score (nSPS) is 37.9. The number of fused-ring (bicyclic) bond motifs is 6. The number of rotatable bonds is 3. The number of anilines is 2. The number of hydrogen-bond donors (Lipinski definition) is 5. The van der Waals surface area contributed by atoms with E-state index < -0.39 is 11.5 Å². The molecule has 5 aliphatic heterocycles. The summed E-state index contributed by atoms with van der Waals surface area (Å²) in [6.45, 7) is 3.69. The van der Waals surface area contributed by atoms with Gasteiger partial charge >= 0.3 is 0 Å². The van der Waals surface area contributed by atoms with Gasteiger partial charge in [0.05, 0.1) is 30.4 Å². The minimum Gasteiger partial charge on any atom is -0.389 e. The fourth-order valence-corrected chi connectivity index (χ4v) is 6.76. The molecule has 11 heteroatoms. The number of amides is 1. The summed E-state index contributed by atoms with van der Waals surface area (Å²) >= 11 is 0. The second kappa shape index (κ2) is 10.6. The first-order valence-corrected chi connectivity index (χ1v) is 14.4. The first-order valence-electron chi connectivity index (χ1n) is 14.4. The molecule has 6 atom stereocenters. The predicted molar refractivity (Wildman–Crippen MR) is 146 cm³/mol. The van der Waals surface area contributed by atoms with Gasteiger partial charge in [-0.1, -0.05) is 12.2 Å². The quantitative estimate of drug-likeness (QED) is 0.370. The summed E-state index contributed by atoms with van der Waals surface area (Å²) in [6, 6.07) is 7.85. The van der Waals surface area contributed by atoms with Gasteiger partial charge in [0.2, 0.25) is 5.91 Å². The molecular weight excluding hydrogens is 504 g/mol. The fourth-order valence-electron chi connectivity index (χ4n) is 6.76. The van der Waals surface area contributed by atoms with Crippen LogP contribution in [0.3, 0.4) is 0 Å². The Labute approximate surface area is 228 Å². The van der Waals surface area contributed by atoms with Crippen LogP contribution in [0.25, 0.3) is 0 Å². The molecule has 4 fully saturated rings. The molecule has 0 aliphatic carbocycles. The number of carbonyl (C=O) groups is 1. The fraction of sp³-hybridized carbons (Fsp3) is 0.679. The number of piperidine rings is 2. The molecule has 214 valence electrons. The van der Waals surface area contributed by atoms with Crippen molar-refractivity contribution in [3.8, 4) is 0 Å². The average Bonchev–Trinajstić information content (AvgIpc) is 3.19. The Balaban J connectivity index is 1.15. The smallest absolute Gasteiger partial charge is 0.251 e. The number of alkyl halides is 2. The van der Waals surface area contributed by atoms with E-state index >= 15 is 0 Å². The Hall–Kier alpha value is -2.31. The van der Waals surface area contributed by atoms with Crippen LogP contribution in [0.5, 0.6) is 0 Å². The van der Waals surface area contributed by atoms with Crippen molar-refractivity contribution in [2.75, 3.05) is 36.4 Å². The van der Waals surface area contributed by atoms with E-state index in [4.69, 9.17) is 0 Å². The summed E-state index contributed by atoms with van der Waals surface area (Å²) in [7, 11) is 0. The first kappa shape index (κ1) is 26.9. The number of carbonyl (C=O) groups excluding carboxylic acids is 1. The standard InChI is InChI=1S/C28H41F2N7O2/c1-27(39)12-3-2-4-15-36-25(38)21-18-31-26(34-24(21)37(36)23-7-5-6-22(27)33-23)32-19-8-10-20(11-9-19)35-16-13-28(29,30)14-17-35/h2,4,8-11,21-24,26,31-34,39H,3,5-7,12-18H2,1H3/b4-2-/t21?,22?,23?,24?,26?,27-/m1/s1. The third kappa shape index (κ3) is 5.52. The second-order valence-electron chi connectivity index (χ2n) is 11.9. The number of hydrogen-bond acceptors (Lipinski definition) is 8. The molecule has 1 aromatic rings. The number of nitrogens with zero attached hydrogens (tertiary/aromatic N) is 3. The van der Waals surface area contributed by atoms with E-state index in [9.17, 15) is 18.7 Å². The van der Waals surface area contributed by atoms with Gasteiger partial charge in [0, 0.05) is 49.9 Å². The summed E-state index contributed by atoms with van der Waals surface area (Å²) in [4.78, 5) is 15.5. The van der Waals surface area contributed by atoms with Gasteiger partial charge in [0.1, 0.15) is 6.29 Å². The Kier molecular flexibility index (Phi) is 7.30. The predicted octanol–water partition coefficient (Wildman–Crippen LogP) is 2.38. The zero-order chi connectivity index (χ0) is 27.2. The molecule has 6 rings (SSSR count). The van der Waals surface area contributed by atoms with Crippen molar-refractivity contribution in [1.29, 1.82) is 0 Å². The van der Waals surface area contributed by atoms with Gasteiger partial charge in [0.25, 0.3) is 5.92 Å². The van der Waals surface area contributed by atoms with E-state index in [-0.39, 0.29) is 49.3 Å². The monoisotopic (exact) mass is 545 g/mol. The van der Waals surface area contributed by atoms with Crippen molar-refractivity contribution in [2.45, 2.75) is 88.1 Å². The minimum atomic E-state index is -2.56.